The molecular weight excluding hydrogens is 536 g/mol. The standard InChI is InChI=1S/C30H35N8O2S/c1-18(21-8-6-12-37(21)3)39-24-15-23(38-14-13-36(2)17-38)33-29(34-24)26-19-7-4-10-30(27(19)35-40-26)11-5-9-22-25(30)20(16-31)28(32)41-22/h13-15,17-18,21H,4-12,32H2,1-3H3/q+1/t18-,21-,30-/m0/s1. The van der Waals surface area contributed by atoms with Gasteiger partial charge in [-0.05, 0) is 77.4 Å². The number of aryl methyl sites for hydroxylation is 2. The number of hydrogen-bond donors (Lipinski definition) is 1. The molecule has 0 radical (unpaired) electrons. The smallest absolute Gasteiger partial charge is 0.250 e. The van der Waals surface area contributed by atoms with E-state index >= 15 is 0 Å². The maximum absolute atomic E-state index is 10.0. The van der Waals surface area contributed by atoms with Gasteiger partial charge in [-0.3, -0.25) is 4.90 Å². The first-order valence-corrected chi connectivity index (χ1v) is 15.3. The zero-order valence-electron chi connectivity index (χ0n) is 23.8. The van der Waals surface area contributed by atoms with E-state index in [4.69, 9.17) is 30.1 Å². The van der Waals surface area contributed by atoms with Crippen molar-refractivity contribution >= 4 is 16.3 Å². The van der Waals surface area contributed by atoms with Crippen LogP contribution in [0.3, 0.4) is 0 Å². The predicted octanol–water partition coefficient (Wildman–Crippen LogP) is 4.08. The number of rotatable bonds is 5. The van der Waals surface area contributed by atoms with Crippen LogP contribution in [0.2, 0.25) is 0 Å². The minimum absolute atomic E-state index is 0.0279. The Hall–Kier alpha value is -3.75. The molecule has 3 atom stereocenters. The summed E-state index contributed by atoms with van der Waals surface area (Å²) in [7, 11) is 4.13. The van der Waals surface area contributed by atoms with Crippen molar-refractivity contribution in [3.05, 3.63) is 52.0 Å². The van der Waals surface area contributed by atoms with Gasteiger partial charge in [-0.25, -0.2) is 4.57 Å². The number of likely N-dealkylation sites (tertiary alicyclic amines) is 1. The van der Waals surface area contributed by atoms with E-state index in [1.807, 2.05) is 41.0 Å². The van der Waals surface area contributed by atoms with Gasteiger partial charge in [0.2, 0.25) is 29.6 Å². The molecule has 10 nitrogen and oxygen atoms in total. The molecule has 0 unspecified atom stereocenters. The Morgan fingerprint density at radius 1 is 1.27 bits per heavy atom. The summed E-state index contributed by atoms with van der Waals surface area (Å²) in [6.07, 6.45) is 13.7. The Bertz CT molecular complexity index is 1660. The second kappa shape index (κ2) is 9.96. The first-order valence-electron chi connectivity index (χ1n) is 14.5. The predicted molar refractivity (Wildman–Crippen MR) is 154 cm³/mol. The van der Waals surface area contributed by atoms with Gasteiger partial charge < -0.3 is 15.0 Å². The Morgan fingerprint density at radius 3 is 2.83 bits per heavy atom. The molecule has 0 amide bonds. The Kier molecular flexibility index (Phi) is 6.36. The zero-order chi connectivity index (χ0) is 28.3. The fraction of sp³-hybridized carbons (Fsp3) is 0.500. The Labute approximate surface area is 243 Å². The first kappa shape index (κ1) is 26.2. The molecule has 0 bridgehead atoms. The highest BCUT2D eigenvalue weighted by Crippen LogP contribution is 2.54. The molecule has 4 aromatic heterocycles. The third-order valence-corrected chi connectivity index (χ3v) is 10.3. The highest BCUT2D eigenvalue weighted by atomic mass is 32.1. The van der Waals surface area contributed by atoms with Crippen molar-refractivity contribution in [1.29, 1.82) is 5.26 Å². The molecule has 41 heavy (non-hydrogen) atoms. The van der Waals surface area contributed by atoms with Crippen LogP contribution in [0, 0.1) is 11.3 Å². The number of ether oxygens (including phenoxy) is 1. The SMILES string of the molecule is C[C@H](Oc1cc(-n2cc[n+](C)c2)nc(-c2onc3c2CCC[C@@]32CCCc3sc(N)c(C#N)c32)n1)[C@@H]1CCCN1C. The van der Waals surface area contributed by atoms with Gasteiger partial charge in [-0.2, -0.15) is 19.8 Å². The monoisotopic (exact) mass is 571 g/mol. The number of thiophene rings is 1. The molecule has 1 fully saturated rings. The number of imidazole rings is 1. The van der Waals surface area contributed by atoms with E-state index in [1.54, 1.807) is 11.3 Å². The van der Waals surface area contributed by atoms with Gasteiger partial charge in [-0.1, -0.05) is 5.16 Å². The lowest BCUT2D eigenvalue weighted by Gasteiger charge is -2.39. The average molecular weight is 572 g/mol. The number of aromatic nitrogens is 5. The highest BCUT2D eigenvalue weighted by molar-refractivity contribution is 7.16. The summed E-state index contributed by atoms with van der Waals surface area (Å²) in [4.78, 5) is 13.4. The zero-order valence-corrected chi connectivity index (χ0v) is 24.6. The summed E-state index contributed by atoms with van der Waals surface area (Å²) in [6.45, 7) is 3.19. The van der Waals surface area contributed by atoms with Crippen LogP contribution in [0.5, 0.6) is 5.88 Å². The van der Waals surface area contributed by atoms with Crippen molar-refractivity contribution in [3.63, 3.8) is 0 Å². The van der Waals surface area contributed by atoms with E-state index in [0.717, 1.165) is 68.3 Å². The van der Waals surface area contributed by atoms with Gasteiger partial charge >= 0.3 is 0 Å². The number of nitrogens with two attached hydrogens (primary N) is 1. The number of likely N-dealkylation sites (N-methyl/N-ethyl adjacent to an activating group) is 1. The van der Waals surface area contributed by atoms with Crippen LogP contribution in [-0.4, -0.2) is 50.3 Å². The molecule has 11 heteroatoms. The lowest BCUT2D eigenvalue weighted by atomic mass is 9.62. The summed E-state index contributed by atoms with van der Waals surface area (Å²) >= 11 is 1.55. The highest BCUT2D eigenvalue weighted by Gasteiger charge is 2.48. The fourth-order valence-electron chi connectivity index (χ4n) is 7.32. The van der Waals surface area contributed by atoms with Gasteiger partial charge in [0.05, 0.1) is 24.4 Å². The van der Waals surface area contributed by atoms with Crippen LogP contribution in [0.25, 0.3) is 17.4 Å². The van der Waals surface area contributed by atoms with Gasteiger partial charge in [0.25, 0.3) is 0 Å². The van der Waals surface area contributed by atoms with Crippen molar-refractivity contribution in [2.24, 2.45) is 7.05 Å². The van der Waals surface area contributed by atoms with Crippen molar-refractivity contribution in [2.45, 2.75) is 75.9 Å². The minimum Gasteiger partial charge on any atom is -0.473 e. The molecule has 3 aliphatic rings. The van der Waals surface area contributed by atoms with Crippen molar-refractivity contribution < 1.29 is 13.8 Å². The molecule has 1 saturated heterocycles. The van der Waals surface area contributed by atoms with E-state index < -0.39 is 0 Å². The maximum atomic E-state index is 10.0. The molecule has 7 rings (SSSR count). The second-order valence-electron chi connectivity index (χ2n) is 11.8. The van der Waals surface area contributed by atoms with E-state index in [-0.39, 0.29) is 11.5 Å². The number of anilines is 1. The van der Waals surface area contributed by atoms with E-state index in [9.17, 15) is 5.26 Å². The summed E-state index contributed by atoms with van der Waals surface area (Å²) in [5, 5.41) is 15.3. The number of nitrogen functional groups attached to an aromatic ring is 1. The number of nitriles is 1. The van der Waals surface area contributed by atoms with Gasteiger partial charge in [0.15, 0.2) is 0 Å². The van der Waals surface area contributed by atoms with Crippen molar-refractivity contribution in [1.82, 2.24) is 24.6 Å². The molecule has 212 valence electrons. The van der Waals surface area contributed by atoms with Gasteiger partial charge in [-0.15, -0.1) is 11.3 Å². The number of nitrogens with zero attached hydrogens (tertiary/aromatic N) is 7. The first-order chi connectivity index (χ1) is 19.9. The molecular formula is C30H35N8O2S+. The molecule has 0 saturated carbocycles. The third kappa shape index (κ3) is 4.23. The topological polar surface area (TPSA) is 123 Å². The maximum Gasteiger partial charge on any atom is 0.250 e. The lowest BCUT2D eigenvalue weighted by Crippen LogP contribution is -2.38. The third-order valence-electron chi connectivity index (χ3n) is 9.23. The van der Waals surface area contributed by atoms with Crippen molar-refractivity contribution in [3.8, 4) is 29.4 Å². The van der Waals surface area contributed by atoms with Crippen LogP contribution < -0.4 is 15.0 Å². The molecule has 1 aliphatic heterocycles. The summed E-state index contributed by atoms with van der Waals surface area (Å²) in [6, 6.07) is 4.63. The lowest BCUT2D eigenvalue weighted by molar-refractivity contribution is -0.670. The molecule has 1 spiro atoms. The van der Waals surface area contributed by atoms with Gasteiger partial charge in [0, 0.05) is 21.9 Å². The number of hydrogen-bond acceptors (Lipinski definition) is 9. The molecule has 0 aromatic carbocycles. The van der Waals surface area contributed by atoms with E-state index in [2.05, 4.69) is 24.9 Å². The summed E-state index contributed by atoms with van der Waals surface area (Å²) in [5.74, 6) is 2.27. The van der Waals surface area contributed by atoms with Gasteiger partial charge in [0.1, 0.15) is 29.6 Å². The number of fused-ring (bicyclic) bond motifs is 4. The van der Waals surface area contributed by atoms with E-state index in [1.165, 1.54) is 11.3 Å². The van der Waals surface area contributed by atoms with E-state index in [0.29, 0.717) is 39.9 Å². The molecule has 2 N–H and O–H groups in total. The minimum atomic E-state index is -0.366. The Balaban J connectivity index is 1.33. The van der Waals surface area contributed by atoms with Crippen LogP contribution in [-0.2, 0) is 25.3 Å². The second-order valence-corrected chi connectivity index (χ2v) is 12.9. The summed E-state index contributed by atoms with van der Waals surface area (Å²) in [5.41, 5.74) is 9.60. The molecule has 2 aliphatic carbocycles. The van der Waals surface area contributed by atoms with Crippen LogP contribution in [0.15, 0.2) is 29.3 Å². The average Bonchev–Trinajstić information content (AvgIpc) is 3.75. The van der Waals surface area contributed by atoms with Crippen LogP contribution >= 0.6 is 11.3 Å². The largest absolute Gasteiger partial charge is 0.473 e. The normalized spacial score (nSPS) is 22.8. The van der Waals surface area contributed by atoms with Crippen molar-refractivity contribution in [2.75, 3.05) is 19.3 Å². The quantitative estimate of drug-likeness (QED) is 0.356. The molecule has 5 heterocycles. The Morgan fingerprint density at radius 2 is 2.10 bits per heavy atom. The molecule has 4 aromatic rings. The van der Waals surface area contributed by atoms with Crippen LogP contribution in [0.1, 0.15) is 72.7 Å². The van der Waals surface area contributed by atoms with Crippen LogP contribution in [0.4, 0.5) is 5.00 Å². The fourth-order valence-corrected chi connectivity index (χ4v) is 8.48. The summed E-state index contributed by atoms with van der Waals surface area (Å²) < 4.78 is 16.5.